The number of aromatic nitrogens is 4. The normalized spacial score (nSPS) is 10.7. The SMILES string of the molecule is c1cncc(-n2nnc3ccccc32)c1. The van der Waals surface area contributed by atoms with Gasteiger partial charge < -0.3 is 0 Å². The molecule has 0 radical (unpaired) electrons. The second-order valence-corrected chi connectivity index (χ2v) is 3.20. The van der Waals surface area contributed by atoms with Crippen LogP contribution in [0, 0.1) is 0 Å². The summed E-state index contributed by atoms with van der Waals surface area (Å²) in [5, 5.41) is 8.17. The minimum Gasteiger partial charge on any atom is -0.262 e. The molecule has 2 aromatic heterocycles. The quantitative estimate of drug-likeness (QED) is 0.596. The first kappa shape index (κ1) is 8.11. The summed E-state index contributed by atoms with van der Waals surface area (Å²) in [5.74, 6) is 0. The molecule has 0 unspecified atom stereocenters. The Morgan fingerprint density at radius 3 is 2.80 bits per heavy atom. The number of rotatable bonds is 1. The fourth-order valence-corrected chi connectivity index (χ4v) is 1.54. The Kier molecular flexibility index (Phi) is 1.71. The van der Waals surface area contributed by atoms with Gasteiger partial charge in [-0.15, -0.1) is 5.10 Å². The van der Waals surface area contributed by atoms with E-state index in [-0.39, 0.29) is 0 Å². The molecule has 0 saturated heterocycles. The minimum absolute atomic E-state index is 0.890. The molecule has 4 heteroatoms. The molecule has 0 bridgehead atoms. The van der Waals surface area contributed by atoms with Gasteiger partial charge in [0.2, 0.25) is 0 Å². The largest absolute Gasteiger partial charge is 0.262 e. The molecule has 0 fully saturated rings. The van der Waals surface area contributed by atoms with Crippen molar-refractivity contribution in [3.63, 3.8) is 0 Å². The standard InChI is InChI=1S/C11H8N4/c1-2-6-11-10(5-1)13-14-15(11)9-4-3-7-12-8-9/h1-8H. The summed E-state index contributed by atoms with van der Waals surface area (Å²) in [6, 6.07) is 11.7. The van der Waals surface area contributed by atoms with Crippen molar-refractivity contribution in [2.45, 2.75) is 0 Å². The molecule has 0 saturated carbocycles. The van der Waals surface area contributed by atoms with Crippen LogP contribution in [0.2, 0.25) is 0 Å². The van der Waals surface area contributed by atoms with Crippen molar-refractivity contribution in [2.75, 3.05) is 0 Å². The van der Waals surface area contributed by atoms with E-state index in [1.54, 1.807) is 17.1 Å². The second-order valence-electron chi connectivity index (χ2n) is 3.20. The molecule has 3 aromatic rings. The zero-order valence-electron chi connectivity index (χ0n) is 7.91. The fourth-order valence-electron chi connectivity index (χ4n) is 1.54. The first-order valence-corrected chi connectivity index (χ1v) is 4.66. The summed E-state index contributed by atoms with van der Waals surface area (Å²) in [4.78, 5) is 4.06. The van der Waals surface area contributed by atoms with Gasteiger partial charge in [-0.2, -0.15) is 0 Å². The third-order valence-corrected chi connectivity index (χ3v) is 2.24. The van der Waals surface area contributed by atoms with Gasteiger partial charge in [0.1, 0.15) is 5.52 Å². The molecule has 1 aromatic carbocycles. The molecule has 0 amide bonds. The molecule has 0 aliphatic rings. The van der Waals surface area contributed by atoms with Crippen molar-refractivity contribution in [2.24, 2.45) is 0 Å². The van der Waals surface area contributed by atoms with E-state index >= 15 is 0 Å². The maximum atomic E-state index is 4.09. The Hall–Kier alpha value is -2.23. The molecule has 0 spiro atoms. The average Bonchev–Trinajstić information content (AvgIpc) is 2.74. The van der Waals surface area contributed by atoms with Gasteiger partial charge in [0.15, 0.2) is 0 Å². The van der Waals surface area contributed by atoms with Crippen molar-refractivity contribution < 1.29 is 0 Å². The number of para-hydroxylation sites is 1. The van der Waals surface area contributed by atoms with Gasteiger partial charge in [-0.25, -0.2) is 4.68 Å². The lowest BCUT2D eigenvalue weighted by atomic mass is 10.3. The maximum Gasteiger partial charge on any atom is 0.113 e. The van der Waals surface area contributed by atoms with Crippen LogP contribution in [0.1, 0.15) is 0 Å². The van der Waals surface area contributed by atoms with Crippen LogP contribution >= 0.6 is 0 Å². The van der Waals surface area contributed by atoms with E-state index in [0.29, 0.717) is 0 Å². The first-order chi connectivity index (χ1) is 7.45. The third-order valence-electron chi connectivity index (χ3n) is 2.24. The molecule has 15 heavy (non-hydrogen) atoms. The Bertz CT molecular complexity index is 586. The Morgan fingerprint density at radius 1 is 1.00 bits per heavy atom. The maximum absolute atomic E-state index is 4.09. The molecule has 2 heterocycles. The van der Waals surface area contributed by atoms with E-state index in [9.17, 15) is 0 Å². The molecule has 0 N–H and O–H groups in total. The van der Waals surface area contributed by atoms with Crippen LogP contribution in [0.15, 0.2) is 48.8 Å². The highest BCUT2D eigenvalue weighted by molar-refractivity contribution is 5.75. The van der Waals surface area contributed by atoms with Crippen LogP contribution in [0.25, 0.3) is 16.7 Å². The first-order valence-electron chi connectivity index (χ1n) is 4.66. The van der Waals surface area contributed by atoms with Crippen molar-refractivity contribution >= 4 is 11.0 Å². The van der Waals surface area contributed by atoms with E-state index in [4.69, 9.17) is 0 Å². The summed E-state index contributed by atoms with van der Waals surface area (Å²) in [5.41, 5.74) is 2.80. The second kappa shape index (κ2) is 3.16. The minimum atomic E-state index is 0.890. The molecule has 4 nitrogen and oxygen atoms in total. The lowest BCUT2D eigenvalue weighted by Crippen LogP contribution is -1.96. The molecule has 0 atom stereocenters. The van der Waals surface area contributed by atoms with Gasteiger partial charge in [-0.05, 0) is 24.3 Å². The molecule has 3 rings (SSSR count). The summed E-state index contributed by atoms with van der Waals surface area (Å²) >= 11 is 0. The van der Waals surface area contributed by atoms with E-state index in [1.807, 2.05) is 36.4 Å². The van der Waals surface area contributed by atoms with Crippen LogP contribution in [0.4, 0.5) is 0 Å². The van der Waals surface area contributed by atoms with E-state index in [0.717, 1.165) is 16.7 Å². The third kappa shape index (κ3) is 1.27. The number of hydrogen-bond donors (Lipinski definition) is 0. The molecule has 72 valence electrons. The predicted molar refractivity (Wildman–Crippen MR) is 56.7 cm³/mol. The highest BCUT2D eigenvalue weighted by Gasteiger charge is 2.04. The number of nitrogens with zero attached hydrogens (tertiary/aromatic N) is 4. The smallest absolute Gasteiger partial charge is 0.113 e. The van der Waals surface area contributed by atoms with E-state index < -0.39 is 0 Å². The number of pyridine rings is 1. The van der Waals surface area contributed by atoms with Gasteiger partial charge >= 0.3 is 0 Å². The Balaban J connectivity index is 2.28. The van der Waals surface area contributed by atoms with Crippen molar-refractivity contribution in [1.29, 1.82) is 0 Å². The summed E-state index contributed by atoms with van der Waals surface area (Å²) in [7, 11) is 0. The van der Waals surface area contributed by atoms with Crippen LogP contribution in [0.5, 0.6) is 0 Å². The van der Waals surface area contributed by atoms with E-state index in [1.165, 1.54) is 0 Å². The Labute approximate surface area is 86.2 Å². The fraction of sp³-hybridized carbons (Fsp3) is 0. The zero-order valence-corrected chi connectivity index (χ0v) is 7.91. The van der Waals surface area contributed by atoms with Crippen molar-refractivity contribution in [3.8, 4) is 5.69 Å². The van der Waals surface area contributed by atoms with Gasteiger partial charge in [0.25, 0.3) is 0 Å². The lowest BCUT2D eigenvalue weighted by molar-refractivity contribution is 0.820. The monoisotopic (exact) mass is 196 g/mol. The average molecular weight is 196 g/mol. The number of fused-ring (bicyclic) bond motifs is 1. The number of benzene rings is 1. The van der Waals surface area contributed by atoms with Gasteiger partial charge in [-0.1, -0.05) is 17.3 Å². The molecular weight excluding hydrogens is 188 g/mol. The van der Waals surface area contributed by atoms with Gasteiger partial charge in [0.05, 0.1) is 17.4 Å². The van der Waals surface area contributed by atoms with Gasteiger partial charge in [-0.3, -0.25) is 4.98 Å². The van der Waals surface area contributed by atoms with Crippen molar-refractivity contribution in [1.82, 2.24) is 20.0 Å². The van der Waals surface area contributed by atoms with Crippen LogP contribution in [-0.2, 0) is 0 Å². The Morgan fingerprint density at radius 2 is 1.93 bits per heavy atom. The molecular formula is C11H8N4. The lowest BCUT2D eigenvalue weighted by Gasteiger charge is -1.99. The summed E-state index contributed by atoms with van der Waals surface area (Å²) in [6.07, 6.45) is 3.50. The predicted octanol–water partition coefficient (Wildman–Crippen LogP) is 1.82. The van der Waals surface area contributed by atoms with Crippen LogP contribution in [-0.4, -0.2) is 20.0 Å². The number of hydrogen-bond acceptors (Lipinski definition) is 3. The van der Waals surface area contributed by atoms with E-state index in [2.05, 4.69) is 15.3 Å². The summed E-state index contributed by atoms with van der Waals surface area (Å²) < 4.78 is 1.78. The van der Waals surface area contributed by atoms with Crippen LogP contribution < -0.4 is 0 Å². The van der Waals surface area contributed by atoms with Crippen molar-refractivity contribution in [3.05, 3.63) is 48.8 Å². The molecule has 0 aliphatic heterocycles. The van der Waals surface area contributed by atoms with Crippen LogP contribution in [0.3, 0.4) is 0 Å². The highest BCUT2D eigenvalue weighted by Crippen LogP contribution is 2.14. The zero-order chi connectivity index (χ0) is 10.1. The molecule has 0 aliphatic carbocycles. The van der Waals surface area contributed by atoms with Gasteiger partial charge in [0, 0.05) is 6.20 Å². The topological polar surface area (TPSA) is 43.6 Å². The highest BCUT2D eigenvalue weighted by atomic mass is 15.4. The summed E-state index contributed by atoms with van der Waals surface area (Å²) in [6.45, 7) is 0.